The zero-order chi connectivity index (χ0) is 18.6. The van der Waals surface area contributed by atoms with Crippen molar-refractivity contribution in [1.29, 1.82) is 0 Å². The van der Waals surface area contributed by atoms with Gasteiger partial charge in [-0.1, -0.05) is 17.7 Å². The van der Waals surface area contributed by atoms with E-state index in [4.69, 9.17) is 16.3 Å². The number of amides is 1. The van der Waals surface area contributed by atoms with Crippen molar-refractivity contribution in [3.05, 3.63) is 33.1 Å². The predicted octanol–water partition coefficient (Wildman–Crippen LogP) is 1.55. The number of aromatic nitrogens is 1. The molecule has 1 aliphatic rings. The van der Waals surface area contributed by atoms with Gasteiger partial charge in [0.05, 0.1) is 5.22 Å². The Bertz CT molecular complexity index is 769. The molecule has 2 heterocycles. The molecule has 0 saturated heterocycles. The van der Waals surface area contributed by atoms with E-state index in [0.717, 1.165) is 14.3 Å². The molecule has 1 atom stereocenters. The van der Waals surface area contributed by atoms with Gasteiger partial charge in [-0.25, -0.2) is 15.2 Å². The first-order valence-corrected chi connectivity index (χ1v) is 9.35. The molecule has 2 rings (SSSR count). The summed E-state index contributed by atoms with van der Waals surface area (Å²) in [4.78, 5) is 16.3. The zero-order valence-corrected chi connectivity index (χ0v) is 17.4. The number of rotatable bonds is 6. The fourth-order valence-electron chi connectivity index (χ4n) is 2.38. The van der Waals surface area contributed by atoms with Crippen LogP contribution in [0.3, 0.4) is 0 Å². The van der Waals surface area contributed by atoms with Crippen molar-refractivity contribution in [3.63, 3.8) is 0 Å². The summed E-state index contributed by atoms with van der Waals surface area (Å²) in [6, 6.07) is -0.0684. The van der Waals surface area contributed by atoms with Crippen molar-refractivity contribution in [2.24, 2.45) is 4.99 Å². The Hall–Kier alpha value is -1.26. The number of hydrogen-bond donors (Lipinski definition) is 3. The van der Waals surface area contributed by atoms with Gasteiger partial charge >= 0.3 is 6.09 Å². The summed E-state index contributed by atoms with van der Waals surface area (Å²) < 4.78 is 8.28. The van der Waals surface area contributed by atoms with Crippen molar-refractivity contribution in [1.82, 2.24) is 20.7 Å². The van der Waals surface area contributed by atoms with E-state index in [1.54, 1.807) is 6.08 Å². The van der Waals surface area contributed by atoms with E-state index in [1.807, 2.05) is 31.5 Å². The minimum Gasteiger partial charge on any atom is -0.443 e. The molecule has 0 bridgehead atoms. The molecule has 1 aromatic heterocycles. The minimum absolute atomic E-state index is 0.0684. The fraction of sp³-hybridized carbons (Fsp3) is 0.500. The van der Waals surface area contributed by atoms with Gasteiger partial charge < -0.3 is 14.6 Å². The Kier molecular flexibility index (Phi) is 6.75. The molecule has 0 fully saturated rings. The number of halogens is 2. The monoisotopic (exact) mass is 479 g/mol. The second kappa shape index (κ2) is 8.41. The lowest BCUT2D eigenvalue weighted by molar-refractivity contribution is 0.0485. The maximum Gasteiger partial charge on any atom is 0.422 e. The van der Waals surface area contributed by atoms with Crippen LogP contribution in [0.2, 0.25) is 0 Å². The molecule has 0 radical (unpaired) electrons. The molecule has 138 valence electrons. The van der Waals surface area contributed by atoms with E-state index in [9.17, 15) is 4.79 Å². The van der Waals surface area contributed by atoms with Crippen LogP contribution in [-0.4, -0.2) is 29.0 Å². The first-order valence-electron chi connectivity index (χ1n) is 7.89. The molecule has 0 saturated carbocycles. The lowest BCUT2D eigenvalue weighted by atomic mass is 10.2. The summed E-state index contributed by atoms with van der Waals surface area (Å²) in [6.45, 7) is 10.3. The third-order valence-electron chi connectivity index (χ3n) is 3.33. The third kappa shape index (κ3) is 5.61. The van der Waals surface area contributed by atoms with E-state index < -0.39 is 11.7 Å². The predicted molar refractivity (Wildman–Crippen MR) is 106 cm³/mol. The first kappa shape index (κ1) is 20.1. The van der Waals surface area contributed by atoms with Gasteiger partial charge in [-0.3, -0.25) is 5.43 Å². The largest absolute Gasteiger partial charge is 0.443 e. The SMILES string of the molecule is C=CC[C@@H](Cn1cc(I)c2c1=NCNC=2Cl)NNC(=O)OC(C)(C)C. The quantitative estimate of drug-likeness (QED) is 0.250. The second-order valence-corrected chi connectivity index (χ2v) is 8.17. The fourth-order valence-corrected chi connectivity index (χ4v) is 3.63. The Labute approximate surface area is 165 Å². The van der Waals surface area contributed by atoms with Gasteiger partial charge in [-0.15, -0.1) is 6.58 Å². The normalized spacial score (nSPS) is 14.8. The summed E-state index contributed by atoms with van der Waals surface area (Å²) in [6.07, 6.45) is 3.94. The Morgan fingerprint density at radius 2 is 2.36 bits per heavy atom. The number of hydrazine groups is 1. The summed E-state index contributed by atoms with van der Waals surface area (Å²) in [5, 5.41) is 4.54. The first-order chi connectivity index (χ1) is 11.7. The van der Waals surface area contributed by atoms with E-state index in [-0.39, 0.29) is 6.04 Å². The van der Waals surface area contributed by atoms with Crippen molar-refractivity contribution in [2.75, 3.05) is 6.67 Å². The Morgan fingerprint density at radius 1 is 1.64 bits per heavy atom. The van der Waals surface area contributed by atoms with Gasteiger partial charge in [-0.05, 0) is 49.8 Å². The average molecular weight is 480 g/mol. The molecular weight excluding hydrogens is 457 g/mol. The van der Waals surface area contributed by atoms with Gasteiger partial charge in [0.15, 0.2) is 0 Å². The molecule has 3 N–H and O–H groups in total. The Morgan fingerprint density at radius 3 is 3.00 bits per heavy atom. The minimum atomic E-state index is -0.548. The number of nitrogens with zero attached hydrogens (tertiary/aromatic N) is 2. The molecule has 0 spiro atoms. The summed E-state index contributed by atoms with van der Waals surface area (Å²) in [5.41, 5.74) is 5.88. The van der Waals surface area contributed by atoms with Crippen molar-refractivity contribution >= 4 is 45.4 Å². The van der Waals surface area contributed by atoms with Crippen LogP contribution in [0.4, 0.5) is 4.79 Å². The van der Waals surface area contributed by atoms with E-state index in [1.165, 1.54) is 0 Å². The van der Waals surface area contributed by atoms with Crippen LogP contribution in [0.5, 0.6) is 0 Å². The average Bonchev–Trinajstić information content (AvgIpc) is 2.81. The van der Waals surface area contributed by atoms with Crippen molar-refractivity contribution in [3.8, 4) is 0 Å². The maximum atomic E-state index is 11.8. The molecule has 1 aromatic rings. The van der Waals surface area contributed by atoms with Crippen molar-refractivity contribution < 1.29 is 9.53 Å². The van der Waals surface area contributed by atoms with E-state index in [0.29, 0.717) is 24.8 Å². The van der Waals surface area contributed by atoms with Crippen LogP contribution in [0.1, 0.15) is 27.2 Å². The standard InChI is InChI=1S/C16H23ClIN5O2/c1-5-6-10(21-22-15(24)25-16(2,3)4)7-23-8-11(18)12-13(17)19-9-20-14(12)23/h5,8,10,19,21H,1,6-7,9H2,2-4H3,(H,22,24)/t10-/m0/s1. The number of fused-ring (bicyclic) bond motifs is 1. The number of ether oxygens (including phenoxy) is 1. The van der Waals surface area contributed by atoms with Crippen LogP contribution in [0.15, 0.2) is 23.8 Å². The lowest BCUT2D eigenvalue weighted by Gasteiger charge is -2.22. The summed E-state index contributed by atoms with van der Waals surface area (Å²) in [5.74, 6) is 0. The molecule has 0 unspecified atom stereocenters. The lowest BCUT2D eigenvalue weighted by Crippen LogP contribution is -2.49. The highest BCUT2D eigenvalue weighted by atomic mass is 127. The number of nitrogens with one attached hydrogen (secondary N) is 3. The van der Waals surface area contributed by atoms with Crippen LogP contribution in [0.25, 0.3) is 5.16 Å². The maximum absolute atomic E-state index is 11.8. The molecule has 1 aliphatic heterocycles. The highest BCUT2D eigenvalue weighted by Crippen LogP contribution is 2.07. The summed E-state index contributed by atoms with van der Waals surface area (Å²) >= 11 is 8.49. The highest BCUT2D eigenvalue weighted by molar-refractivity contribution is 14.1. The van der Waals surface area contributed by atoms with Gasteiger partial charge in [0, 0.05) is 22.4 Å². The molecule has 0 aliphatic carbocycles. The zero-order valence-electron chi connectivity index (χ0n) is 14.5. The molecule has 25 heavy (non-hydrogen) atoms. The highest BCUT2D eigenvalue weighted by Gasteiger charge is 2.18. The molecule has 1 amide bonds. The molecule has 9 heteroatoms. The van der Waals surface area contributed by atoms with Crippen LogP contribution >= 0.6 is 34.2 Å². The van der Waals surface area contributed by atoms with Gasteiger partial charge in [0.25, 0.3) is 0 Å². The molecular formula is C16H23ClIN5O2. The van der Waals surface area contributed by atoms with Gasteiger partial charge in [-0.2, -0.15) is 0 Å². The van der Waals surface area contributed by atoms with Gasteiger partial charge in [0.2, 0.25) is 0 Å². The third-order valence-corrected chi connectivity index (χ3v) is 4.47. The number of carbonyl (C=O) groups excluding carboxylic acids is 1. The van der Waals surface area contributed by atoms with Crippen LogP contribution in [0, 0.1) is 3.57 Å². The number of hydrogen-bond acceptors (Lipinski definition) is 5. The van der Waals surface area contributed by atoms with E-state index >= 15 is 0 Å². The van der Waals surface area contributed by atoms with Crippen molar-refractivity contribution in [2.45, 2.75) is 45.4 Å². The topological polar surface area (TPSA) is 79.7 Å². The summed E-state index contributed by atoms with van der Waals surface area (Å²) in [7, 11) is 0. The van der Waals surface area contributed by atoms with Crippen LogP contribution in [-0.2, 0) is 11.3 Å². The van der Waals surface area contributed by atoms with Crippen LogP contribution < -0.4 is 26.9 Å². The Balaban J connectivity index is 2.11. The smallest absolute Gasteiger partial charge is 0.422 e. The molecule has 7 nitrogen and oxygen atoms in total. The van der Waals surface area contributed by atoms with Gasteiger partial charge in [0.1, 0.15) is 22.9 Å². The second-order valence-electron chi connectivity index (χ2n) is 6.63. The van der Waals surface area contributed by atoms with E-state index in [2.05, 4.69) is 50.3 Å². The number of carbonyl (C=O) groups is 1. The molecule has 0 aromatic carbocycles.